The summed E-state index contributed by atoms with van der Waals surface area (Å²) in [5.41, 5.74) is 1.59. The molecule has 2 aromatic rings. The fourth-order valence-corrected chi connectivity index (χ4v) is 4.06. The molecule has 0 aromatic heterocycles. The highest BCUT2D eigenvalue weighted by Gasteiger charge is 2.42. The number of aryl methyl sites for hydroxylation is 1. The van der Waals surface area contributed by atoms with Gasteiger partial charge in [-0.05, 0) is 49.1 Å². The van der Waals surface area contributed by atoms with Crippen LogP contribution < -0.4 is 9.47 Å². The molecule has 0 radical (unpaired) electrons. The third-order valence-corrected chi connectivity index (χ3v) is 5.83. The number of carbonyl (C=O) groups is 2. The second-order valence-corrected chi connectivity index (χ2v) is 7.77. The van der Waals surface area contributed by atoms with Gasteiger partial charge in [0, 0.05) is 6.42 Å². The first-order chi connectivity index (χ1) is 15.1. The van der Waals surface area contributed by atoms with Gasteiger partial charge < -0.3 is 18.9 Å². The van der Waals surface area contributed by atoms with E-state index in [1.54, 1.807) is 24.3 Å². The minimum absolute atomic E-state index is 0.0645. The van der Waals surface area contributed by atoms with Crippen LogP contribution in [0.15, 0.2) is 60.6 Å². The Morgan fingerprint density at radius 2 is 1.87 bits per heavy atom. The van der Waals surface area contributed by atoms with Gasteiger partial charge in [-0.25, -0.2) is 4.79 Å². The fraction of sp³-hybridized carbons (Fsp3) is 0.360. The predicted octanol–water partition coefficient (Wildman–Crippen LogP) is 4.47. The minimum Gasteiger partial charge on any atom is -0.496 e. The van der Waals surface area contributed by atoms with Gasteiger partial charge in [-0.3, -0.25) is 4.79 Å². The topological polar surface area (TPSA) is 71.1 Å². The zero-order valence-corrected chi connectivity index (χ0v) is 17.7. The summed E-state index contributed by atoms with van der Waals surface area (Å²) in [7, 11) is 1.52. The standard InChI is InChI=1S/C25H26O6/c1-3-16-8-10-17(11-9-16)30-23-15-29-22-14-18(12-13-19(22)24(23)26)31-25(27)20-6-4-5-7-21(20)28-2/h4-11,15,18-19,22H,3,12-14H2,1-2H3. The highest BCUT2D eigenvalue weighted by molar-refractivity contribution is 5.96. The van der Waals surface area contributed by atoms with Crippen molar-refractivity contribution in [3.05, 3.63) is 71.7 Å². The van der Waals surface area contributed by atoms with Crippen molar-refractivity contribution >= 4 is 11.8 Å². The summed E-state index contributed by atoms with van der Waals surface area (Å²) in [6.45, 7) is 2.08. The fourth-order valence-electron chi connectivity index (χ4n) is 4.06. The van der Waals surface area contributed by atoms with Gasteiger partial charge in [0.15, 0.2) is 0 Å². The zero-order valence-electron chi connectivity index (χ0n) is 17.7. The Morgan fingerprint density at radius 3 is 2.61 bits per heavy atom. The third kappa shape index (κ3) is 4.58. The number of benzene rings is 2. The summed E-state index contributed by atoms with van der Waals surface area (Å²) < 4.78 is 22.5. The van der Waals surface area contributed by atoms with Crippen LogP contribution in [-0.2, 0) is 20.7 Å². The van der Waals surface area contributed by atoms with Crippen molar-refractivity contribution in [2.75, 3.05) is 7.11 Å². The van der Waals surface area contributed by atoms with E-state index < -0.39 is 5.97 Å². The van der Waals surface area contributed by atoms with Crippen molar-refractivity contribution in [1.82, 2.24) is 0 Å². The number of fused-ring (bicyclic) bond motifs is 1. The first-order valence-electron chi connectivity index (χ1n) is 10.6. The summed E-state index contributed by atoms with van der Waals surface area (Å²) >= 11 is 0. The van der Waals surface area contributed by atoms with Crippen LogP contribution in [0, 0.1) is 5.92 Å². The van der Waals surface area contributed by atoms with E-state index >= 15 is 0 Å². The van der Waals surface area contributed by atoms with E-state index in [4.69, 9.17) is 18.9 Å². The minimum atomic E-state index is -0.432. The van der Waals surface area contributed by atoms with Gasteiger partial charge >= 0.3 is 5.97 Å². The number of rotatable bonds is 6. The van der Waals surface area contributed by atoms with Gasteiger partial charge in [-0.2, -0.15) is 0 Å². The molecule has 162 valence electrons. The SMILES string of the molecule is CCc1ccc(OC2=COC3CC(OC(=O)c4ccccc4OC)CCC3C2=O)cc1. The number of Topliss-reactive ketones (excluding diaryl/α,β-unsaturated/α-hetero) is 1. The number of ether oxygens (including phenoxy) is 4. The van der Waals surface area contributed by atoms with Crippen LogP contribution in [0.25, 0.3) is 0 Å². The van der Waals surface area contributed by atoms with Gasteiger partial charge in [0.2, 0.25) is 11.5 Å². The number of allylic oxidation sites excluding steroid dienone is 1. The number of carbonyl (C=O) groups excluding carboxylic acids is 2. The molecule has 1 aliphatic carbocycles. The van der Waals surface area contributed by atoms with E-state index in [-0.39, 0.29) is 29.7 Å². The third-order valence-electron chi connectivity index (χ3n) is 5.83. The Balaban J connectivity index is 1.38. The predicted molar refractivity (Wildman–Crippen MR) is 114 cm³/mol. The number of hydrogen-bond donors (Lipinski definition) is 0. The maximum absolute atomic E-state index is 12.9. The second kappa shape index (κ2) is 9.25. The summed E-state index contributed by atoms with van der Waals surface area (Å²) in [6.07, 6.45) is 3.32. The Labute approximate surface area is 181 Å². The zero-order chi connectivity index (χ0) is 21.8. The average Bonchev–Trinajstić information content (AvgIpc) is 2.81. The summed E-state index contributed by atoms with van der Waals surface area (Å²) in [5.74, 6) is 0.509. The van der Waals surface area contributed by atoms with Gasteiger partial charge in [0.1, 0.15) is 35.5 Å². The van der Waals surface area contributed by atoms with Crippen LogP contribution in [0.4, 0.5) is 0 Å². The number of esters is 1. The largest absolute Gasteiger partial charge is 0.496 e. The molecule has 0 N–H and O–H groups in total. The number of ketones is 1. The first-order valence-corrected chi connectivity index (χ1v) is 10.6. The Hall–Kier alpha value is -3.28. The van der Waals surface area contributed by atoms with Crippen molar-refractivity contribution in [2.45, 2.75) is 44.8 Å². The van der Waals surface area contributed by atoms with Crippen LogP contribution in [0.3, 0.4) is 0 Å². The molecule has 4 rings (SSSR count). The second-order valence-electron chi connectivity index (χ2n) is 7.77. The molecule has 0 saturated heterocycles. The van der Waals surface area contributed by atoms with E-state index in [2.05, 4.69) is 6.92 Å². The van der Waals surface area contributed by atoms with Gasteiger partial charge in [0.25, 0.3) is 0 Å². The summed E-state index contributed by atoms with van der Waals surface area (Å²) in [4.78, 5) is 25.5. The molecule has 1 heterocycles. The van der Waals surface area contributed by atoms with Crippen LogP contribution in [-0.4, -0.2) is 31.1 Å². The molecular weight excluding hydrogens is 396 g/mol. The van der Waals surface area contributed by atoms with Crippen LogP contribution in [0.2, 0.25) is 0 Å². The molecule has 2 aliphatic rings. The van der Waals surface area contributed by atoms with Crippen molar-refractivity contribution in [3.63, 3.8) is 0 Å². The number of methoxy groups -OCH3 is 1. The maximum atomic E-state index is 12.9. The monoisotopic (exact) mass is 422 g/mol. The van der Waals surface area contributed by atoms with Crippen LogP contribution in [0.5, 0.6) is 11.5 Å². The molecule has 0 spiro atoms. The van der Waals surface area contributed by atoms with Crippen molar-refractivity contribution in [1.29, 1.82) is 0 Å². The van der Waals surface area contributed by atoms with Crippen LogP contribution >= 0.6 is 0 Å². The smallest absolute Gasteiger partial charge is 0.342 e. The molecule has 2 aromatic carbocycles. The lowest BCUT2D eigenvalue weighted by atomic mass is 9.80. The molecule has 31 heavy (non-hydrogen) atoms. The summed E-state index contributed by atoms with van der Waals surface area (Å²) in [5, 5.41) is 0. The Bertz CT molecular complexity index is 978. The van der Waals surface area contributed by atoms with E-state index in [9.17, 15) is 9.59 Å². The lowest BCUT2D eigenvalue weighted by molar-refractivity contribution is -0.132. The molecule has 6 nitrogen and oxygen atoms in total. The van der Waals surface area contributed by atoms with E-state index in [1.165, 1.54) is 18.9 Å². The first kappa shape index (κ1) is 21.0. The molecule has 3 atom stereocenters. The molecule has 0 bridgehead atoms. The summed E-state index contributed by atoms with van der Waals surface area (Å²) in [6, 6.07) is 14.6. The molecule has 3 unspecified atom stereocenters. The van der Waals surface area contributed by atoms with E-state index in [0.717, 1.165) is 6.42 Å². The Kier molecular flexibility index (Phi) is 6.26. The van der Waals surface area contributed by atoms with Gasteiger partial charge in [-0.15, -0.1) is 0 Å². The normalized spacial score (nSPS) is 22.6. The molecule has 1 saturated carbocycles. The van der Waals surface area contributed by atoms with Gasteiger partial charge in [-0.1, -0.05) is 31.2 Å². The molecule has 0 amide bonds. The van der Waals surface area contributed by atoms with E-state index in [1.807, 2.05) is 24.3 Å². The highest BCUT2D eigenvalue weighted by Crippen LogP contribution is 2.35. The van der Waals surface area contributed by atoms with E-state index in [0.29, 0.717) is 36.3 Å². The van der Waals surface area contributed by atoms with Crippen LogP contribution in [0.1, 0.15) is 42.1 Å². The molecule has 1 fully saturated rings. The molecule has 1 aliphatic heterocycles. The van der Waals surface area contributed by atoms with Crippen molar-refractivity contribution < 1.29 is 28.5 Å². The van der Waals surface area contributed by atoms with Crippen molar-refractivity contribution in [2.24, 2.45) is 5.92 Å². The maximum Gasteiger partial charge on any atom is 0.342 e. The Morgan fingerprint density at radius 1 is 1.10 bits per heavy atom. The number of hydrogen-bond acceptors (Lipinski definition) is 6. The van der Waals surface area contributed by atoms with Gasteiger partial charge in [0.05, 0.1) is 13.0 Å². The highest BCUT2D eigenvalue weighted by atomic mass is 16.6. The molecular formula is C25H26O6. The number of para-hydroxylation sites is 1. The lowest BCUT2D eigenvalue weighted by Crippen LogP contribution is -2.43. The molecule has 6 heteroatoms. The average molecular weight is 422 g/mol. The lowest BCUT2D eigenvalue weighted by Gasteiger charge is -2.36. The quantitative estimate of drug-likeness (QED) is 0.640. The van der Waals surface area contributed by atoms with Crippen molar-refractivity contribution in [3.8, 4) is 11.5 Å².